The summed E-state index contributed by atoms with van der Waals surface area (Å²) in [6.07, 6.45) is 0. The van der Waals surface area contributed by atoms with Crippen LogP contribution in [0, 0.1) is 0 Å². The van der Waals surface area contributed by atoms with Crippen molar-refractivity contribution in [2.75, 3.05) is 5.32 Å². The van der Waals surface area contributed by atoms with Crippen molar-refractivity contribution in [3.63, 3.8) is 0 Å². The number of para-hydroxylation sites is 2. The smallest absolute Gasteiger partial charge is 0.339 e. The molecule has 0 bridgehead atoms. The highest BCUT2D eigenvalue weighted by molar-refractivity contribution is 6.00. The second kappa shape index (κ2) is 6.13. The molecule has 0 fully saturated rings. The number of fused-ring (bicyclic) bond motifs is 1. The van der Waals surface area contributed by atoms with Crippen molar-refractivity contribution in [2.45, 2.75) is 6.92 Å². The molecule has 0 unspecified atom stereocenters. The molecule has 3 aromatic rings. The zero-order valence-electron chi connectivity index (χ0n) is 12.0. The first kappa shape index (κ1) is 13.9. The van der Waals surface area contributed by atoms with Crippen molar-refractivity contribution in [1.29, 1.82) is 0 Å². The fraction of sp³-hybridized carbons (Fsp3) is 0.0588. The van der Waals surface area contributed by atoms with Gasteiger partial charge in [0.05, 0.1) is 0 Å². The molecule has 0 radical (unpaired) electrons. The zero-order valence-corrected chi connectivity index (χ0v) is 12.0. The molecule has 5 heteroatoms. The average molecular weight is 293 g/mol. The number of furan rings is 1. The van der Waals surface area contributed by atoms with E-state index in [9.17, 15) is 4.79 Å². The summed E-state index contributed by atoms with van der Waals surface area (Å²) >= 11 is 0. The summed E-state index contributed by atoms with van der Waals surface area (Å²) in [6, 6.07) is 18.4. The molecule has 2 aromatic carbocycles. The van der Waals surface area contributed by atoms with E-state index in [2.05, 4.69) is 15.8 Å². The van der Waals surface area contributed by atoms with Crippen LogP contribution in [0.4, 0.5) is 10.5 Å². The Labute approximate surface area is 127 Å². The van der Waals surface area contributed by atoms with Gasteiger partial charge < -0.3 is 9.73 Å². The summed E-state index contributed by atoms with van der Waals surface area (Å²) in [4.78, 5) is 11.8. The van der Waals surface area contributed by atoms with Crippen molar-refractivity contribution in [2.24, 2.45) is 5.10 Å². The van der Waals surface area contributed by atoms with Gasteiger partial charge in [0.2, 0.25) is 0 Å². The third kappa shape index (κ3) is 3.15. The molecule has 0 atom stereocenters. The Bertz CT molecular complexity index is 789. The van der Waals surface area contributed by atoms with E-state index in [-0.39, 0.29) is 0 Å². The molecule has 22 heavy (non-hydrogen) atoms. The highest BCUT2D eigenvalue weighted by Crippen LogP contribution is 2.19. The standard InChI is InChI=1S/C17H15N3O2/c1-12(16-11-13-7-5-6-10-15(13)22-16)19-20-17(21)18-14-8-3-2-4-9-14/h2-11H,1H3,(H2,18,20,21)/b19-12+. The first-order valence-electron chi connectivity index (χ1n) is 6.87. The van der Waals surface area contributed by atoms with Gasteiger partial charge in [0, 0.05) is 11.1 Å². The monoisotopic (exact) mass is 293 g/mol. The molecule has 2 N–H and O–H groups in total. The lowest BCUT2D eigenvalue weighted by molar-refractivity contribution is 0.252. The van der Waals surface area contributed by atoms with E-state index in [0.717, 1.165) is 11.0 Å². The van der Waals surface area contributed by atoms with Gasteiger partial charge in [-0.15, -0.1) is 0 Å². The average Bonchev–Trinajstić information content (AvgIpc) is 2.98. The molecule has 0 aliphatic carbocycles. The van der Waals surface area contributed by atoms with Crippen LogP contribution in [-0.2, 0) is 0 Å². The number of amides is 2. The SMILES string of the molecule is C/C(=N\NC(=O)Nc1ccccc1)c1cc2ccccc2o1. The largest absolute Gasteiger partial charge is 0.455 e. The van der Waals surface area contributed by atoms with Crippen molar-refractivity contribution >= 4 is 28.4 Å². The van der Waals surface area contributed by atoms with Crippen LogP contribution in [0.1, 0.15) is 12.7 Å². The molecule has 2 amide bonds. The molecule has 0 aliphatic heterocycles. The van der Waals surface area contributed by atoms with Crippen LogP contribution in [0.5, 0.6) is 0 Å². The van der Waals surface area contributed by atoms with Gasteiger partial charge >= 0.3 is 6.03 Å². The molecule has 0 saturated heterocycles. The second-order valence-corrected chi connectivity index (χ2v) is 4.78. The van der Waals surface area contributed by atoms with Gasteiger partial charge in [-0.2, -0.15) is 5.10 Å². The van der Waals surface area contributed by atoms with Crippen LogP contribution in [0.2, 0.25) is 0 Å². The summed E-state index contributed by atoms with van der Waals surface area (Å²) in [5.41, 5.74) is 4.55. The number of nitrogens with one attached hydrogen (secondary N) is 2. The minimum Gasteiger partial charge on any atom is -0.455 e. The van der Waals surface area contributed by atoms with Crippen LogP contribution >= 0.6 is 0 Å². The van der Waals surface area contributed by atoms with Crippen LogP contribution < -0.4 is 10.7 Å². The Morgan fingerprint density at radius 3 is 2.55 bits per heavy atom. The Morgan fingerprint density at radius 1 is 1.05 bits per heavy atom. The van der Waals surface area contributed by atoms with Gasteiger partial charge in [0.25, 0.3) is 0 Å². The summed E-state index contributed by atoms with van der Waals surface area (Å²) in [5, 5.41) is 7.73. The molecule has 1 aromatic heterocycles. The normalized spacial score (nSPS) is 11.4. The Balaban J connectivity index is 1.68. The zero-order chi connectivity index (χ0) is 15.4. The van der Waals surface area contributed by atoms with E-state index in [1.54, 1.807) is 19.1 Å². The number of anilines is 1. The summed E-state index contributed by atoms with van der Waals surface area (Å²) in [7, 11) is 0. The van der Waals surface area contributed by atoms with Crippen LogP contribution in [0.15, 0.2) is 70.2 Å². The number of hydrogen-bond donors (Lipinski definition) is 2. The highest BCUT2D eigenvalue weighted by atomic mass is 16.3. The maximum absolute atomic E-state index is 11.8. The van der Waals surface area contributed by atoms with Gasteiger partial charge in [-0.05, 0) is 31.2 Å². The van der Waals surface area contributed by atoms with E-state index in [4.69, 9.17) is 4.42 Å². The fourth-order valence-corrected chi connectivity index (χ4v) is 2.03. The summed E-state index contributed by atoms with van der Waals surface area (Å²) in [5.74, 6) is 0.626. The highest BCUT2D eigenvalue weighted by Gasteiger charge is 2.07. The van der Waals surface area contributed by atoms with Gasteiger partial charge in [0.1, 0.15) is 11.3 Å². The van der Waals surface area contributed by atoms with Crippen LogP contribution in [-0.4, -0.2) is 11.7 Å². The van der Waals surface area contributed by atoms with E-state index >= 15 is 0 Å². The number of nitrogens with zero attached hydrogens (tertiary/aromatic N) is 1. The van der Waals surface area contributed by atoms with Gasteiger partial charge in [-0.1, -0.05) is 36.4 Å². The van der Waals surface area contributed by atoms with Gasteiger partial charge in [-0.3, -0.25) is 0 Å². The molecular formula is C17H15N3O2. The van der Waals surface area contributed by atoms with E-state index < -0.39 is 6.03 Å². The molecular weight excluding hydrogens is 278 g/mol. The van der Waals surface area contributed by atoms with Crippen LogP contribution in [0.3, 0.4) is 0 Å². The van der Waals surface area contributed by atoms with E-state index in [1.807, 2.05) is 48.5 Å². The Kier molecular flexibility index (Phi) is 3.87. The molecule has 0 aliphatic rings. The first-order valence-corrected chi connectivity index (χ1v) is 6.87. The minimum absolute atomic E-state index is 0.401. The summed E-state index contributed by atoms with van der Waals surface area (Å²) < 4.78 is 5.68. The van der Waals surface area contributed by atoms with Crippen molar-refractivity contribution < 1.29 is 9.21 Å². The lowest BCUT2D eigenvalue weighted by Gasteiger charge is -2.04. The Morgan fingerprint density at radius 2 is 1.77 bits per heavy atom. The van der Waals surface area contributed by atoms with E-state index in [0.29, 0.717) is 17.2 Å². The predicted octanol–water partition coefficient (Wildman–Crippen LogP) is 3.98. The molecule has 0 spiro atoms. The fourth-order valence-electron chi connectivity index (χ4n) is 2.03. The van der Waals surface area contributed by atoms with Crippen molar-refractivity contribution in [3.8, 4) is 0 Å². The third-order valence-electron chi connectivity index (χ3n) is 3.14. The summed E-state index contributed by atoms with van der Waals surface area (Å²) in [6.45, 7) is 1.78. The minimum atomic E-state index is -0.401. The van der Waals surface area contributed by atoms with Gasteiger partial charge in [-0.25, -0.2) is 10.2 Å². The number of urea groups is 1. The number of carbonyl (C=O) groups is 1. The quantitative estimate of drug-likeness (QED) is 0.566. The molecule has 110 valence electrons. The van der Waals surface area contributed by atoms with Gasteiger partial charge in [0.15, 0.2) is 5.76 Å². The maximum atomic E-state index is 11.8. The van der Waals surface area contributed by atoms with Crippen molar-refractivity contribution in [3.05, 3.63) is 66.4 Å². The van der Waals surface area contributed by atoms with E-state index in [1.165, 1.54) is 0 Å². The number of carbonyl (C=O) groups excluding carboxylic acids is 1. The predicted molar refractivity (Wildman–Crippen MR) is 87.0 cm³/mol. The topological polar surface area (TPSA) is 66.6 Å². The van der Waals surface area contributed by atoms with Crippen molar-refractivity contribution in [1.82, 2.24) is 5.43 Å². The second-order valence-electron chi connectivity index (χ2n) is 4.78. The number of benzene rings is 2. The molecule has 3 rings (SSSR count). The molecule has 5 nitrogen and oxygen atoms in total. The lowest BCUT2D eigenvalue weighted by Crippen LogP contribution is -2.25. The molecule has 0 saturated carbocycles. The number of hydrazone groups is 1. The maximum Gasteiger partial charge on any atom is 0.339 e. The molecule has 1 heterocycles. The Hall–Kier alpha value is -3.08. The third-order valence-corrected chi connectivity index (χ3v) is 3.14. The lowest BCUT2D eigenvalue weighted by atomic mass is 10.2. The number of hydrogen-bond acceptors (Lipinski definition) is 3. The first-order chi connectivity index (χ1) is 10.7. The number of rotatable bonds is 3. The van der Waals surface area contributed by atoms with Crippen LogP contribution in [0.25, 0.3) is 11.0 Å².